The van der Waals surface area contributed by atoms with Gasteiger partial charge in [-0.2, -0.15) is 5.26 Å². The van der Waals surface area contributed by atoms with Crippen molar-refractivity contribution in [1.29, 1.82) is 5.26 Å². The van der Waals surface area contributed by atoms with Gasteiger partial charge >= 0.3 is 0 Å². The second-order valence-electron chi connectivity index (χ2n) is 3.96. The van der Waals surface area contributed by atoms with Crippen molar-refractivity contribution < 1.29 is 9.47 Å². The molecule has 0 heterocycles. The van der Waals surface area contributed by atoms with E-state index in [-0.39, 0.29) is 0 Å². The molecule has 2 aromatic rings. The molecule has 0 unspecified atom stereocenters. The number of fused-ring (bicyclic) bond motifs is 1. The Morgan fingerprint density at radius 3 is 2.56 bits per heavy atom. The number of nitrogens with zero attached hydrogens (tertiary/aromatic N) is 1. The molecule has 0 aliphatic rings. The van der Waals surface area contributed by atoms with Gasteiger partial charge in [0.25, 0.3) is 0 Å². The first-order chi connectivity index (χ1) is 8.86. The highest BCUT2D eigenvalue weighted by Gasteiger charge is 2.05. The molecule has 0 atom stereocenters. The lowest BCUT2D eigenvalue weighted by Gasteiger charge is -2.09. The second kappa shape index (κ2) is 6.04. The van der Waals surface area contributed by atoms with Gasteiger partial charge in [0.1, 0.15) is 5.75 Å². The minimum atomic E-state index is 0.615. The summed E-state index contributed by atoms with van der Waals surface area (Å²) in [6.45, 7) is 1.30. The fourth-order valence-corrected chi connectivity index (χ4v) is 1.88. The van der Waals surface area contributed by atoms with Crippen molar-refractivity contribution in [2.45, 2.75) is 6.42 Å². The number of rotatable bonds is 5. The molecule has 0 bridgehead atoms. The predicted molar refractivity (Wildman–Crippen MR) is 70.7 cm³/mol. The molecule has 0 radical (unpaired) electrons. The minimum Gasteiger partial charge on any atom is -0.493 e. The van der Waals surface area contributed by atoms with Crippen LogP contribution in [0.2, 0.25) is 0 Å². The molecule has 3 heteroatoms. The van der Waals surface area contributed by atoms with E-state index in [4.69, 9.17) is 14.7 Å². The highest BCUT2D eigenvalue weighted by atomic mass is 16.5. The maximum atomic E-state index is 9.07. The standard InChI is InChI=1S/C15H15NO2/c1-17-9-4-10-18-15-8-7-12(11-16)13-5-2-3-6-14(13)15/h2-3,5-8H,4,9-10H2,1H3. The van der Waals surface area contributed by atoms with Crippen LogP contribution in [0.4, 0.5) is 0 Å². The van der Waals surface area contributed by atoms with E-state index >= 15 is 0 Å². The van der Waals surface area contributed by atoms with Gasteiger partial charge in [0, 0.05) is 30.9 Å². The molecule has 0 N–H and O–H groups in total. The summed E-state index contributed by atoms with van der Waals surface area (Å²) < 4.78 is 10.7. The average molecular weight is 241 g/mol. The summed E-state index contributed by atoms with van der Waals surface area (Å²) >= 11 is 0. The first-order valence-electron chi connectivity index (χ1n) is 5.90. The Morgan fingerprint density at radius 1 is 1.06 bits per heavy atom. The topological polar surface area (TPSA) is 42.2 Å². The lowest BCUT2D eigenvalue weighted by molar-refractivity contribution is 0.172. The van der Waals surface area contributed by atoms with E-state index in [1.54, 1.807) is 13.2 Å². The molecule has 92 valence electrons. The van der Waals surface area contributed by atoms with E-state index in [1.807, 2.05) is 30.3 Å². The van der Waals surface area contributed by atoms with E-state index in [9.17, 15) is 0 Å². The lowest BCUT2D eigenvalue weighted by atomic mass is 10.0. The SMILES string of the molecule is COCCCOc1ccc(C#N)c2ccccc12. The smallest absolute Gasteiger partial charge is 0.127 e. The van der Waals surface area contributed by atoms with Gasteiger partial charge in [-0.25, -0.2) is 0 Å². The summed E-state index contributed by atoms with van der Waals surface area (Å²) in [5.41, 5.74) is 0.676. The number of nitriles is 1. The Kier molecular flexibility index (Phi) is 4.16. The summed E-state index contributed by atoms with van der Waals surface area (Å²) in [5, 5.41) is 11.0. The Labute approximate surface area is 107 Å². The van der Waals surface area contributed by atoms with Gasteiger partial charge in [0.05, 0.1) is 18.2 Å². The Morgan fingerprint density at radius 2 is 1.83 bits per heavy atom. The maximum absolute atomic E-state index is 9.07. The van der Waals surface area contributed by atoms with Gasteiger partial charge in [0.2, 0.25) is 0 Å². The molecule has 0 saturated heterocycles. The normalized spacial score (nSPS) is 10.2. The highest BCUT2D eigenvalue weighted by molar-refractivity contribution is 5.92. The minimum absolute atomic E-state index is 0.615. The monoisotopic (exact) mass is 241 g/mol. The van der Waals surface area contributed by atoms with Crippen molar-refractivity contribution in [2.24, 2.45) is 0 Å². The Balaban J connectivity index is 2.27. The first-order valence-corrected chi connectivity index (χ1v) is 5.90. The number of hydrogen-bond acceptors (Lipinski definition) is 3. The van der Waals surface area contributed by atoms with Crippen LogP contribution in [0, 0.1) is 11.3 Å². The molecule has 2 aromatic carbocycles. The van der Waals surface area contributed by atoms with Crippen LogP contribution < -0.4 is 4.74 Å². The van der Waals surface area contributed by atoms with Crippen LogP contribution in [0.1, 0.15) is 12.0 Å². The molecule has 0 saturated carbocycles. The fraction of sp³-hybridized carbons (Fsp3) is 0.267. The summed E-state index contributed by atoms with van der Waals surface area (Å²) in [6, 6.07) is 13.6. The Bertz CT molecular complexity index is 572. The van der Waals surface area contributed by atoms with Crippen molar-refractivity contribution in [3.05, 3.63) is 42.0 Å². The lowest BCUT2D eigenvalue weighted by Crippen LogP contribution is -2.01. The summed E-state index contributed by atoms with van der Waals surface area (Å²) in [6.07, 6.45) is 0.852. The molecule has 2 rings (SSSR count). The van der Waals surface area contributed by atoms with Crippen molar-refractivity contribution in [1.82, 2.24) is 0 Å². The van der Waals surface area contributed by atoms with Crippen molar-refractivity contribution in [3.63, 3.8) is 0 Å². The molecule has 0 amide bonds. The molecule has 18 heavy (non-hydrogen) atoms. The van der Waals surface area contributed by atoms with Gasteiger partial charge < -0.3 is 9.47 Å². The van der Waals surface area contributed by atoms with E-state index in [0.717, 1.165) is 22.9 Å². The second-order valence-corrected chi connectivity index (χ2v) is 3.96. The average Bonchev–Trinajstić information content (AvgIpc) is 2.43. The van der Waals surface area contributed by atoms with Crippen molar-refractivity contribution >= 4 is 10.8 Å². The quantitative estimate of drug-likeness (QED) is 0.755. The van der Waals surface area contributed by atoms with Crippen molar-refractivity contribution in [3.8, 4) is 11.8 Å². The third kappa shape index (κ3) is 2.61. The van der Waals surface area contributed by atoms with E-state index in [2.05, 4.69) is 6.07 Å². The van der Waals surface area contributed by atoms with Crippen LogP contribution in [-0.2, 0) is 4.74 Å². The fourth-order valence-electron chi connectivity index (χ4n) is 1.88. The predicted octanol–water partition coefficient (Wildman–Crippen LogP) is 3.13. The van der Waals surface area contributed by atoms with Gasteiger partial charge in [-0.05, 0) is 12.1 Å². The largest absolute Gasteiger partial charge is 0.493 e. The molecule has 0 fully saturated rings. The molecule has 0 spiro atoms. The maximum Gasteiger partial charge on any atom is 0.127 e. The summed E-state index contributed by atoms with van der Waals surface area (Å²) in [4.78, 5) is 0. The number of methoxy groups -OCH3 is 1. The molecule has 0 aliphatic heterocycles. The zero-order valence-electron chi connectivity index (χ0n) is 10.3. The van der Waals surface area contributed by atoms with Crippen LogP contribution in [0.5, 0.6) is 5.75 Å². The van der Waals surface area contributed by atoms with Crippen LogP contribution in [0.3, 0.4) is 0 Å². The van der Waals surface area contributed by atoms with Gasteiger partial charge in [0.15, 0.2) is 0 Å². The van der Waals surface area contributed by atoms with Crippen LogP contribution in [0.25, 0.3) is 10.8 Å². The van der Waals surface area contributed by atoms with Crippen LogP contribution in [-0.4, -0.2) is 20.3 Å². The van der Waals surface area contributed by atoms with Gasteiger partial charge in [-0.3, -0.25) is 0 Å². The Hall–Kier alpha value is -2.05. The molecule has 3 nitrogen and oxygen atoms in total. The summed E-state index contributed by atoms with van der Waals surface area (Å²) in [5.74, 6) is 0.820. The van der Waals surface area contributed by atoms with Gasteiger partial charge in [-0.15, -0.1) is 0 Å². The zero-order valence-corrected chi connectivity index (χ0v) is 10.3. The van der Waals surface area contributed by atoms with E-state index < -0.39 is 0 Å². The first kappa shape index (κ1) is 12.4. The van der Waals surface area contributed by atoms with E-state index in [1.165, 1.54) is 0 Å². The third-order valence-electron chi connectivity index (χ3n) is 2.75. The van der Waals surface area contributed by atoms with Crippen LogP contribution in [0.15, 0.2) is 36.4 Å². The molecular weight excluding hydrogens is 226 g/mol. The molecule has 0 aliphatic carbocycles. The van der Waals surface area contributed by atoms with Crippen LogP contribution >= 0.6 is 0 Å². The zero-order chi connectivity index (χ0) is 12.8. The number of benzene rings is 2. The molecule has 0 aromatic heterocycles. The third-order valence-corrected chi connectivity index (χ3v) is 2.75. The number of ether oxygens (including phenoxy) is 2. The van der Waals surface area contributed by atoms with Crippen molar-refractivity contribution in [2.75, 3.05) is 20.3 Å². The summed E-state index contributed by atoms with van der Waals surface area (Å²) in [7, 11) is 1.68. The molecular formula is C15H15NO2. The highest BCUT2D eigenvalue weighted by Crippen LogP contribution is 2.28. The number of hydrogen-bond donors (Lipinski definition) is 0. The van der Waals surface area contributed by atoms with E-state index in [0.29, 0.717) is 18.8 Å². The van der Waals surface area contributed by atoms with Gasteiger partial charge in [-0.1, -0.05) is 24.3 Å².